The molecule has 1 saturated carbocycles. The smallest absolute Gasteiger partial charge is 0.235 e. The molecule has 152 valence electrons. The molecule has 6 nitrogen and oxygen atoms in total. The number of H-pyrrole nitrogens is 1. The lowest BCUT2D eigenvalue weighted by atomic mass is 9.77. The number of amides is 1. The average Bonchev–Trinajstić information content (AvgIpc) is 3.39. The number of aromatic amines is 1. The third-order valence-corrected chi connectivity index (χ3v) is 5.59. The van der Waals surface area contributed by atoms with Gasteiger partial charge in [0.15, 0.2) is 5.82 Å². The standard InChI is InChI=1S/C22H25N5O.ClH/c1-15-5-4-6-17(13-15)22(11-2-3-12-22)21(28)24-18-9-7-16(8-10-18)20-25-19(14-23)26-27-20;/h4-10,13H,2-3,11-12,14,23H2,1H3,(H,24,28)(H,25,26,27);1H. The number of aromatic nitrogens is 3. The van der Waals surface area contributed by atoms with Crippen molar-refractivity contribution in [1.29, 1.82) is 0 Å². The second kappa shape index (κ2) is 8.76. The first-order valence-electron chi connectivity index (χ1n) is 9.71. The molecule has 0 unspecified atom stereocenters. The molecule has 1 heterocycles. The van der Waals surface area contributed by atoms with Gasteiger partial charge in [-0.25, -0.2) is 4.98 Å². The monoisotopic (exact) mass is 411 g/mol. The fourth-order valence-electron chi connectivity index (χ4n) is 4.04. The summed E-state index contributed by atoms with van der Waals surface area (Å²) in [5, 5.41) is 10.1. The first-order valence-corrected chi connectivity index (χ1v) is 9.71. The van der Waals surface area contributed by atoms with Gasteiger partial charge in [0.1, 0.15) is 5.82 Å². The summed E-state index contributed by atoms with van der Waals surface area (Å²) in [5.74, 6) is 1.32. The van der Waals surface area contributed by atoms with Crippen LogP contribution < -0.4 is 11.1 Å². The van der Waals surface area contributed by atoms with Crippen molar-refractivity contribution >= 4 is 24.0 Å². The highest BCUT2D eigenvalue weighted by Crippen LogP contribution is 2.42. The summed E-state index contributed by atoms with van der Waals surface area (Å²) in [6.45, 7) is 2.39. The van der Waals surface area contributed by atoms with E-state index in [-0.39, 0.29) is 18.3 Å². The van der Waals surface area contributed by atoms with E-state index in [4.69, 9.17) is 5.73 Å². The second-order valence-electron chi connectivity index (χ2n) is 7.50. The van der Waals surface area contributed by atoms with Crippen LogP contribution in [0.1, 0.15) is 42.6 Å². The molecule has 7 heteroatoms. The molecule has 1 fully saturated rings. The summed E-state index contributed by atoms with van der Waals surface area (Å²) >= 11 is 0. The highest BCUT2D eigenvalue weighted by atomic mass is 35.5. The Bertz CT molecular complexity index is 977. The lowest BCUT2D eigenvalue weighted by Gasteiger charge is -2.28. The minimum atomic E-state index is -0.440. The van der Waals surface area contributed by atoms with E-state index in [1.807, 2.05) is 30.3 Å². The number of carbonyl (C=O) groups excluding carboxylic acids is 1. The van der Waals surface area contributed by atoms with Crippen LogP contribution in [0.25, 0.3) is 11.4 Å². The highest BCUT2D eigenvalue weighted by Gasteiger charge is 2.42. The molecule has 0 saturated heterocycles. The third-order valence-electron chi connectivity index (χ3n) is 5.59. The maximum atomic E-state index is 13.3. The zero-order valence-corrected chi connectivity index (χ0v) is 17.3. The van der Waals surface area contributed by atoms with E-state index in [9.17, 15) is 4.79 Å². The Balaban J connectivity index is 0.00000240. The molecule has 0 bridgehead atoms. The Hall–Kier alpha value is -2.70. The van der Waals surface area contributed by atoms with Crippen molar-refractivity contribution in [2.75, 3.05) is 5.32 Å². The third kappa shape index (κ3) is 4.18. The van der Waals surface area contributed by atoms with Crippen LogP contribution in [-0.4, -0.2) is 21.1 Å². The van der Waals surface area contributed by atoms with Gasteiger partial charge in [0.05, 0.1) is 12.0 Å². The van der Waals surface area contributed by atoms with E-state index >= 15 is 0 Å². The van der Waals surface area contributed by atoms with Gasteiger partial charge in [-0.2, -0.15) is 5.10 Å². The van der Waals surface area contributed by atoms with Gasteiger partial charge < -0.3 is 11.1 Å². The number of nitrogens with two attached hydrogens (primary N) is 1. The minimum absolute atomic E-state index is 0. The summed E-state index contributed by atoms with van der Waals surface area (Å²) in [6.07, 6.45) is 3.93. The highest BCUT2D eigenvalue weighted by molar-refractivity contribution is 5.99. The number of hydrogen-bond donors (Lipinski definition) is 3. The van der Waals surface area contributed by atoms with Crippen molar-refractivity contribution in [3.63, 3.8) is 0 Å². The van der Waals surface area contributed by atoms with Gasteiger partial charge in [-0.15, -0.1) is 12.4 Å². The number of anilines is 1. The Morgan fingerprint density at radius 2 is 1.90 bits per heavy atom. The normalized spacial score (nSPS) is 15.0. The van der Waals surface area contributed by atoms with Crippen molar-refractivity contribution in [3.05, 3.63) is 65.5 Å². The predicted octanol–water partition coefficient (Wildman–Crippen LogP) is 4.11. The number of carbonyl (C=O) groups is 1. The van der Waals surface area contributed by atoms with E-state index in [0.29, 0.717) is 18.2 Å². The van der Waals surface area contributed by atoms with Crippen LogP contribution in [0.2, 0.25) is 0 Å². The molecule has 3 aromatic rings. The van der Waals surface area contributed by atoms with Crippen LogP contribution in [0.4, 0.5) is 5.69 Å². The number of halogens is 1. The van der Waals surface area contributed by atoms with Gasteiger partial charge >= 0.3 is 0 Å². The molecule has 1 amide bonds. The van der Waals surface area contributed by atoms with Crippen LogP contribution in [-0.2, 0) is 16.8 Å². The van der Waals surface area contributed by atoms with Crippen LogP contribution in [0.15, 0.2) is 48.5 Å². The summed E-state index contributed by atoms with van der Waals surface area (Å²) < 4.78 is 0. The van der Waals surface area contributed by atoms with Crippen molar-refractivity contribution < 1.29 is 4.79 Å². The van der Waals surface area contributed by atoms with E-state index in [2.05, 4.69) is 45.6 Å². The number of hydrogen-bond acceptors (Lipinski definition) is 4. The number of nitrogens with one attached hydrogen (secondary N) is 2. The number of rotatable bonds is 5. The van der Waals surface area contributed by atoms with Crippen LogP contribution >= 0.6 is 12.4 Å². The van der Waals surface area contributed by atoms with E-state index < -0.39 is 5.41 Å². The van der Waals surface area contributed by atoms with Gasteiger partial charge in [0.25, 0.3) is 0 Å². The fourth-order valence-corrected chi connectivity index (χ4v) is 4.04. The summed E-state index contributed by atoms with van der Waals surface area (Å²) in [6, 6.07) is 15.9. The zero-order valence-electron chi connectivity index (χ0n) is 16.4. The van der Waals surface area contributed by atoms with E-state index in [1.165, 1.54) is 5.56 Å². The molecule has 4 rings (SSSR count). The lowest BCUT2D eigenvalue weighted by molar-refractivity contribution is -0.121. The lowest BCUT2D eigenvalue weighted by Crippen LogP contribution is -2.38. The van der Waals surface area contributed by atoms with Crippen LogP contribution in [0.5, 0.6) is 0 Å². The predicted molar refractivity (Wildman–Crippen MR) is 117 cm³/mol. The second-order valence-corrected chi connectivity index (χ2v) is 7.50. The van der Waals surface area contributed by atoms with Gasteiger partial charge in [-0.1, -0.05) is 42.7 Å². The number of aryl methyl sites for hydroxylation is 1. The Morgan fingerprint density at radius 1 is 1.17 bits per heavy atom. The Labute approximate surface area is 176 Å². The van der Waals surface area contributed by atoms with Gasteiger partial charge in [0, 0.05) is 11.3 Å². The summed E-state index contributed by atoms with van der Waals surface area (Å²) in [4.78, 5) is 17.6. The molecule has 0 atom stereocenters. The van der Waals surface area contributed by atoms with Crippen LogP contribution in [0, 0.1) is 6.92 Å². The quantitative estimate of drug-likeness (QED) is 0.588. The first kappa shape index (κ1) is 21.0. The topological polar surface area (TPSA) is 96.7 Å². The zero-order chi connectivity index (χ0) is 19.6. The van der Waals surface area contributed by atoms with Crippen LogP contribution in [0.3, 0.4) is 0 Å². The first-order chi connectivity index (χ1) is 13.6. The Morgan fingerprint density at radius 3 is 2.52 bits per heavy atom. The van der Waals surface area contributed by atoms with Gasteiger partial charge in [-0.3, -0.25) is 9.89 Å². The van der Waals surface area contributed by atoms with Crippen molar-refractivity contribution in [1.82, 2.24) is 15.2 Å². The average molecular weight is 412 g/mol. The largest absolute Gasteiger partial charge is 0.325 e. The molecule has 1 aliphatic rings. The molecule has 4 N–H and O–H groups in total. The van der Waals surface area contributed by atoms with Crippen molar-refractivity contribution in [3.8, 4) is 11.4 Å². The number of benzene rings is 2. The molecular formula is C22H26ClN5O. The van der Waals surface area contributed by atoms with Gasteiger partial charge in [0.2, 0.25) is 5.91 Å². The maximum absolute atomic E-state index is 13.3. The molecule has 2 aromatic carbocycles. The Kier molecular flexibility index (Phi) is 6.35. The van der Waals surface area contributed by atoms with Crippen molar-refractivity contribution in [2.45, 2.75) is 44.6 Å². The maximum Gasteiger partial charge on any atom is 0.235 e. The van der Waals surface area contributed by atoms with E-state index in [0.717, 1.165) is 42.5 Å². The summed E-state index contributed by atoms with van der Waals surface area (Å²) in [7, 11) is 0. The molecule has 0 radical (unpaired) electrons. The molecule has 1 aromatic heterocycles. The molecule has 29 heavy (non-hydrogen) atoms. The molecule has 0 spiro atoms. The fraction of sp³-hybridized carbons (Fsp3) is 0.318. The van der Waals surface area contributed by atoms with Crippen molar-refractivity contribution in [2.24, 2.45) is 5.73 Å². The minimum Gasteiger partial charge on any atom is -0.325 e. The SMILES string of the molecule is Cc1cccc(C2(C(=O)Nc3ccc(-c4n[nH]c(CN)n4)cc3)CCCC2)c1.Cl. The molecular weight excluding hydrogens is 386 g/mol. The number of nitrogens with zero attached hydrogens (tertiary/aromatic N) is 2. The summed E-state index contributed by atoms with van der Waals surface area (Å²) in [5.41, 5.74) is 9.09. The van der Waals surface area contributed by atoms with E-state index in [1.54, 1.807) is 0 Å². The van der Waals surface area contributed by atoms with Gasteiger partial charge in [-0.05, 0) is 49.6 Å². The molecule has 1 aliphatic carbocycles. The molecule has 0 aliphatic heterocycles.